The lowest BCUT2D eigenvalue weighted by atomic mass is 9.94. The molecule has 0 aromatic heterocycles. The Balaban J connectivity index is 2.11. The number of hydrogen-bond donors (Lipinski definition) is 2. The third-order valence-corrected chi connectivity index (χ3v) is 4.30. The highest BCUT2D eigenvalue weighted by Crippen LogP contribution is 2.24. The molecule has 0 amide bonds. The lowest BCUT2D eigenvalue weighted by molar-refractivity contribution is 0.101. The van der Waals surface area contributed by atoms with Crippen LogP contribution in [-0.4, -0.2) is 49.6 Å². The standard InChI is InChI=1S/C15H25FN4/c1-11-8-12(16)4-5-14(11)15(18-17)9-13-10-19(2)6-7-20(13)3/h4-5,8,13,15,18H,6-7,9-10,17H2,1-3H3. The molecule has 0 spiro atoms. The molecule has 0 radical (unpaired) electrons. The number of nitrogens with one attached hydrogen (secondary N) is 1. The zero-order chi connectivity index (χ0) is 14.7. The van der Waals surface area contributed by atoms with Crippen LogP contribution in [0.1, 0.15) is 23.6 Å². The van der Waals surface area contributed by atoms with Crippen LogP contribution in [0.2, 0.25) is 0 Å². The summed E-state index contributed by atoms with van der Waals surface area (Å²) < 4.78 is 13.2. The minimum Gasteiger partial charge on any atom is -0.304 e. The van der Waals surface area contributed by atoms with E-state index in [1.165, 1.54) is 6.07 Å². The molecule has 20 heavy (non-hydrogen) atoms. The summed E-state index contributed by atoms with van der Waals surface area (Å²) in [5.41, 5.74) is 4.92. The van der Waals surface area contributed by atoms with Gasteiger partial charge in [0.15, 0.2) is 0 Å². The van der Waals surface area contributed by atoms with Crippen molar-refractivity contribution in [3.63, 3.8) is 0 Å². The van der Waals surface area contributed by atoms with Crippen LogP contribution >= 0.6 is 0 Å². The van der Waals surface area contributed by atoms with Gasteiger partial charge in [-0.05, 0) is 50.7 Å². The van der Waals surface area contributed by atoms with E-state index in [1.807, 2.05) is 13.0 Å². The third kappa shape index (κ3) is 3.55. The van der Waals surface area contributed by atoms with Crippen molar-refractivity contribution in [2.24, 2.45) is 5.84 Å². The highest BCUT2D eigenvalue weighted by atomic mass is 19.1. The van der Waals surface area contributed by atoms with Crippen LogP contribution in [0.3, 0.4) is 0 Å². The van der Waals surface area contributed by atoms with Gasteiger partial charge in [-0.15, -0.1) is 0 Å². The van der Waals surface area contributed by atoms with E-state index in [9.17, 15) is 4.39 Å². The fourth-order valence-electron chi connectivity index (χ4n) is 2.94. The summed E-state index contributed by atoms with van der Waals surface area (Å²) in [6.45, 7) is 5.14. The van der Waals surface area contributed by atoms with Gasteiger partial charge in [-0.1, -0.05) is 6.07 Å². The Morgan fingerprint density at radius 2 is 2.15 bits per heavy atom. The largest absolute Gasteiger partial charge is 0.304 e. The Bertz CT molecular complexity index is 451. The zero-order valence-electron chi connectivity index (χ0n) is 12.6. The van der Waals surface area contributed by atoms with Gasteiger partial charge in [-0.3, -0.25) is 11.3 Å². The minimum atomic E-state index is -0.198. The van der Waals surface area contributed by atoms with Crippen LogP contribution in [0.4, 0.5) is 4.39 Å². The first-order chi connectivity index (χ1) is 9.51. The molecule has 1 heterocycles. The van der Waals surface area contributed by atoms with Crippen molar-refractivity contribution in [1.29, 1.82) is 0 Å². The van der Waals surface area contributed by atoms with Crippen molar-refractivity contribution < 1.29 is 4.39 Å². The number of nitrogens with two attached hydrogens (primary N) is 1. The van der Waals surface area contributed by atoms with Crippen LogP contribution in [0.25, 0.3) is 0 Å². The number of halogens is 1. The Morgan fingerprint density at radius 3 is 2.80 bits per heavy atom. The van der Waals surface area contributed by atoms with Crippen LogP contribution in [-0.2, 0) is 0 Å². The van der Waals surface area contributed by atoms with Gasteiger partial charge in [0, 0.05) is 31.7 Å². The fourth-order valence-corrected chi connectivity index (χ4v) is 2.94. The predicted octanol–water partition coefficient (Wildman–Crippen LogP) is 1.27. The van der Waals surface area contributed by atoms with E-state index in [1.54, 1.807) is 6.07 Å². The molecule has 0 aliphatic carbocycles. The molecule has 1 aromatic rings. The first-order valence-electron chi connectivity index (χ1n) is 7.12. The van der Waals surface area contributed by atoms with Gasteiger partial charge in [-0.2, -0.15) is 0 Å². The highest BCUT2D eigenvalue weighted by Gasteiger charge is 2.26. The molecular formula is C15H25FN4. The number of hydrazine groups is 1. The average Bonchev–Trinajstić information content (AvgIpc) is 2.40. The third-order valence-electron chi connectivity index (χ3n) is 4.30. The van der Waals surface area contributed by atoms with E-state index in [-0.39, 0.29) is 11.9 Å². The normalized spacial score (nSPS) is 22.9. The van der Waals surface area contributed by atoms with E-state index in [0.29, 0.717) is 6.04 Å². The molecule has 0 bridgehead atoms. The van der Waals surface area contributed by atoms with E-state index < -0.39 is 0 Å². The predicted molar refractivity (Wildman–Crippen MR) is 79.7 cm³/mol. The first kappa shape index (κ1) is 15.4. The Labute approximate surface area is 120 Å². The number of piperazine rings is 1. The lowest BCUT2D eigenvalue weighted by Gasteiger charge is -2.39. The zero-order valence-corrected chi connectivity index (χ0v) is 12.6. The van der Waals surface area contributed by atoms with E-state index in [0.717, 1.165) is 37.2 Å². The second-order valence-electron chi connectivity index (χ2n) is 5.85. The molecule has 3 N–H and O–H groups in total. The molecule has 2 atom stereocenters. The van der Waals surface area contributed by atoms with Crippen molar-refractivity contribution in [3.8, 4) is 0 Å². The second kappa shape index (κ2) is 6.63. The molecule has 5 heteroatoms. The van der Waals surface area contributed by atoms with Gasteiger partial charge in [0.1, 0.15) is 5.82 Å². The number of likely N-dealkylation sites (N-methyl/N-ethyl adjacent to an activating group) is 2. The summed E-state index contributed by atoms with van der Waals surface area (Å²) >= 11 is 0. The number of hydrogen-bond acceptors (Lipinski definition) is 4. The Morgan fingerprint density at radius 1 is 1.40 bits per heavy atom. The topological polar surface area (TPSA) is 44.5 Å². The highest BCUT2D eigenvalue weighted by molar-refractivity contribution is 5.29. The monoisotopic (exact) mass is 280 g/mol. The number of nitrogens with zero attached hydrogens (tertiary/aromatic N) is 2. The quantitative estimate of drug-likeness (QED) is 0.644. The van der Waals surface area contributed by atoms with Crippen molar-refractivity contribution in [3.05, 3.63) is 35.1 Å². The molecule has 112 valence electrons. The molecule has 0 saturated carbocycles. The summed E-state index contributed by atoms with van der Waals surface area (Å²) in [7, 11) is 4.30. The van der Waals surface area contributed by atoms with Gasteiger partial charge < -0.3 is 9.80 Å². The summed E-state index contributed by atoms with van der Waals surface area (Å²) in [4.78, 5) is 4.72. The lowest BCUT2D eigenvalue weighted by Crippen LogP contribution is -2.51. The first-order valence-corrected chi connectivity index (χ1v) is 7.12. The number of benzene rings is 1. The molecule has 2 unspecified atom stereocenters. The minimum absolute atomic E-state index is 0.0505. The Hall–Kier alpha value is -1.01. The maximum atomic E-state index is 13.2. The number of rotatable bonds is 4. The average molecular weight is 280 g/mol. The van der Waals surface area contributed by atoms with Crippen molar-refractivity contribution >= 4 is 0 Å². The molecule has 1 fully saturated rings. The summed E-state index contributed by atoms with van der Waals surface area (Å²) in [6, 6.07) is 5.41. The maximum absolute atomic E-state index is 13.2. The smallest absolute Gasteiger partial charge is 0.123 e. The van der Waals surface area contributed by atoms with Crippen molar-refractivity contribution in [1.82, 2.24) is 15.2 Å². The Kier molecular flexibility index (Phi) is 5.10. The van der Waals surface area contributed by atoms with Crippen LogP contribution in [0.5, 0.6) is 0 Å². The number of aryl methyl sites for hydroxylation is 1. The van der Waals surface area contributed by atoms with Gasteiger partial charge in [0.2, 0.25) is 0 Å². The van der Waals surface area contributed by atoms with Crippen LogP contribution < -0.4 is 11.3 Å². The molecule has 1 saturated heterocycles. The van der Waals surface area contributed by atoms with Crippen LogP contribution in [0, 0.1) is 12.7 Å². The van der Waals surface area contributed by atoms with Gasteiger partial charge in [0.05, 0.1) is 0 Å². The van der Waals surface area contributed by atoms with Crippen LogP contribution in [0.15, 0.2) is 18.2 Å². The van der Waals surface area contributed by atoms with Gasteiger partial charge in [0.25, 0.3) is 0 Å². The molecule has 1 aliphatic rings. The maximum Gasteiger partial charge on any atom is 0.123 e. The molecule has 4 nitrogen and oxygen atoms in total. The molecule has 1 aromatic carbocycles. The summed E-state index contributed by atoms with van der Waals surface area (Å²) in [6.07, 6.45) is 0.920. The summed E-state index contributed by atoms with van der Waals surface area (Å²) in [5.74, 6) is 5.54. The van der Waals surface area contributed by atoms with E-state index >= 15 is 0 Å². The molecule has 2 rings (SSSR count). The SMILES string of the molecule is Cc1cc(F)ccc1C(CC1CN(C)CCN1C)NN. The fraction of sp³-hybridized carbons (Fsp3) is 0.600. The van der Waals surface area contributed by atoms with E-state index in [4.69, 9.17) is 5.84 Å². The second-order valence-corrected chi connectivity index (χ2v) is 5.85. The van der Waals surface area contributed by atoms with Gasteiger partial charge >= 0.3 is 0 Å². The van der Waals surface area contributed by atoms with Crippen molar-refractivity contribution in [2.75, 3.05) is 33.7 Å². The van der Waals surface area contributed by atoms with E-state index in [2.05, 4.69) is 29.3 Å². The summed E-state index contributed by atoms with van der Waals surface area (Å²) in [5, 5.41) is 0. The molecule has 1 aliphatic heterocycles. The van der Waals surface area contributed by atoms with Crippen molar-refractivity contribution in [2.45, 2.75) is 25.4 Å². The molecular weight excluding hydrogens is 255 g/mol. The van der Waals surface area contributed by atoms with Gasteiger partial charge in [-0.25, -0.2) is 4.39 Å².